The lowest BCUT2D eigenvalue weighted by Crippen LogP contribution is -2.43. The lowest BCUT2D eigenvalue weighted by Gasteiger charge is -2.38. The Morgan fingerprint density at radius 1 is 1.25 bits per heavy atom. The molecule has 0 N–H and O–H groups in total. The van der Waals surface area contributed by atoms with E-state index in [4.69, 9.17) is 14.2 Å². The van der Waals surface area contributed by atoms with Crippen LogP contribution in [0.1, 0.15) is 37.0 Å². The Bertz CT molecular complexity index is 493. The van der Waals surface area contributed by atoms with Gasteiger partial charge in [-0.15, -0.1) is 11.3 Å². The van der Waals surface area contributed by atoms with Crippen LogP contribution in [0.2, 0.25) is 0 Å². The molecule has 0 amide bonds. The molecule has 3 aliphatic rings. The van der Waals surface area contributed by atoms with Crippen LogP contribution < -0.4 is 0 Å². The molecule has 3 fully saturated rings. The van der Waals surface area contributed by atoms with Crippen molar-refractivity contribution in [2.75, 3.05) is 39.5 Å². The van der Waals surface area contributed by atoms with Gasteiger partial charge in [0.1, 0.15) is 0 Å². The molecule has 4 rings (SSSR count). The number of hydrogen-bond donors (Lipinski definition) is 0. The maximum atomic E-state index is 6.24. The quantitative estimate of drug-likeness (QED) is 0.814. The zero-order chi connectivity index (χ0) is 16.2. The topological polar surface area (TPSA) is 30.9 Å². The predicted octanol–water partition coefficient (Wildman–Crippen LogP) is 3.31. The molecule has 3 saturated heterocycles. The van der Waals surface area contributed by atoms with Crippen LogP contribution in [0.4, 0.5) is 0 Å². The molecule has 1 unspecified atom stereocenters. The van der Waals surface area contributed by atoms with E-state index in [1.165, 1.54) is 4.88 Å². The average molecular weight is 352 g/mol. The van der Waals surface area contributed by atoms with Gasteiger partial charge in [0.05, 0.1) is 24.9 Å². The van der Waals surface area contributed by atoms with E-state index in [0.29, 0.717) is 12.0 Å². The summed E-state index contributed by atoms with van der Waals surface area (Å²) in [7, 11) is 0. The number of hydrogen-bond acceptors (Lipinski definition) is 5. The van der Waals surface area contributed by atoms with Gasteiger partial charge in [-0.05, 0) is 43.0 Å². The van der Waals surface area contributed by atoms with E-state index in [1.807, 2.05) is 11.3 Å². The fourth-order valence-electron chi connectivity index (χ4n) is 4.18. The molecule has 4 heterocycles. The van der Waals surface area contributed by atoms with Crippen LogP contribution in [0, 0.1) is 5.92 Å². The first kappa shape index (κ1) is 17.0. The Labute approximate surface area is 149 Å². The molecular formula is C19H29NO3S. The zero-order valence-electron chi connectivity index (χ0n) is 14.5. The maximum absolute atomic E-state index is 6.24. The molecule has 0 aromatic carbocycles. The van der Waals surface area contributed by atoms with Gasteiger partial charge in [0, 0.05) is 44.1 Å². The summed E-state index contributed by atoms with van der Waals surface area (Å²) in [6.45, 7) is 6.86. The molecule has 24 heavy (non-hydrogen) atoms. The van der Waals surface area contributed by atoms with Crippen molar-refractivity contribution in [2.45, 2.75) is 50.4 Å². The Hall–Kier alpha value is -0.460. The second-order valence-electron chi connectivity index (χ2n) is 7.56. The lowest BCUT2D eigenvalue weighted by molar-refractivity contribution is -0.0478. The van der Waals surface area contributed by atoms with Crippen molar-refractivity contribution in [1.82, 2.24) is 4.90 Å². The van der Waals surface area contributed by atoms with Crippen LogP contribution >= 0.6 is 11.3 Å². The van der Waals surface area contributed by atoms with Crippen LogP contribution in [0.25, 0.3) is 0 Å². The van der Waals surface area contributed by atoms with Gasteiger partial charge in [-0.25, -0.2) is 0 Å². The van der Waals surface area contributed by atoms with Crippen molar-refractivity contribution < 1.29 is 14.2 Å². The third-order valence-corrected chi connectivity index (χ3v) is 6.67. The molecule has 3 aliphatic heterocycles. The minimum atomic E-state index is 0.0896. The highest BCUT2D eigenvalue weighted by Gasteiger charge is 2.43. The van der Waals surface area contributed by atoms with Crippen molar-refractivity contribution >= 4 is 11.3 Å². The third-order valence-electron chi connectivity index (χ3n) is 5.81. The van der Waals surface area contributed by atoms with Gasteiger partial charge in [0.25, 0.3) is 0 Å². The second kappa shape index (κ2) is 7.83. The highest BCUT2D eigenvalue weighted by Crippen LogP contribution is 2.37. The largest absolute Gasteiger partial charge is 0.381 e. The third kappa shape index (κ3) is 4.20. The van der Waals surface area contributed by atoms with Crippen LogP contribution in [-0.2, 0) is 20.8 Å². The molecule has 0 radical (unpaired) electrons. The van der Waals surface area contributed by atoms with Crippen molar-refractivity contribution in [3.05, 3.63) is 22.4 Å². The standard InChI is InChI=1S/C19H29NO3S/c1-2-18(24-11-1)13-20-7-5-19(6-8-20)12-17(15-23-19)22-14-16-3-9-21-10-4-16/h1-2,11,16-17H,3-10,12-15H2. The first-order valence-electron chi connectivity index (χ1n) is 9.39. The number of rotatable bonds is 5. The summed E-state index contributed by atoms with van der Waals surface area (Å²) in [5.74, 6) is 0.683. The van der Waals surface area contributed by atoms with Crippen LogP contribution in [0.15, 0.2) is 17.5 Å². The van der Waals surface area contributed by atoms with E-state index in [9.17, 15) is 0 Å². The summed E-state index contributed by atoms with van der Waals surface area (Å²) in [6.07, 6.45) is 5.98. The van der Waals surface area contributed by atoms with Gasteiger partial charge >= 0.3 is 0 Å². The normalized spacial score (nSPS) is 28.6. The fourth-order valence-corrected chi connectivity index (χ4v) is 4.93. The predicted molar refractivity (Wildman–Crippen MR) is 95.4 cm³/mol. The van der Waals surface area contributed by atoms with Crippen molar-refractivity contribution in [2.24, 2.45) is 5.92 Å². The fraction of sp³-hybridized carbons (Fsp3) is 0.789. The molecule has 5 heteroatoms. The van der Waals surface area contributed by atoms with E-state index in [-0.39, 0.29) is 5.60 Å². The Balaban J connectivity index is 1.20. The molecule has 1 atom stereocenters. The van der Waals surface area contributed by atoms with Crippen LogP contribution in [0.5, 0.6) is 0 Å². The highest BCUT2D eigenvalue weighted by atomic mass is 32.1. The summed E-state index contributed by atoms with van der Waals surface area (Å²) in [5.41, 5.74) is 0.0896. The van der Waals surface area contributed by atoms with Gasteiger partial charge in [-0.1, -0.05) is 6.07 Å². The Morgan fingerprint density at radius 3 is 2.83 bits per heavy atom. The molecule has 0 saturated carbocycles. The molecule has 0 aliphatic carbocycles. The SMILES string of the molecule is c1csc(CN2CCC3(CC2)CC(OCC2CCOCC2)CO3)c1. The van der Waals surface area contributed by atoms with Crippen LogP contribution in [0.3, 0.4) is 0 Å². The summed E-state index contributed by atoms with van der Waals surface area (Å²) in [6, 6.07) is 4.38. The number of thiophene rings is 1. The number of nitrogens with zero attached hydrogens (tertiary/aromatic N) is 1. The Kier molecular flexibility index (Phi) is 5.54. The van der Waals surface area contributed by atoms with Gasteiger partial charge in [0.15, 0.2) is 0 Å². The van der Waals surface area contributed by atoms with Crippen LogP contribution in [-0.4, -0.2) is 56.1 Å². The minimum Gasteiger partial charge on any atom is -0.381 e. The number of piperidine rings is 1. The number of likely N-dealkylation sites (tertiary alicyclic amines) is 1. The zero-order valence-corrected chi connectivity index (χ0v) is 15.3. The van der Waals surface area contributed by atoms with E-state index in [1.54, 1.807) is 0 Å². The first-order valence-corrected chi connectivity index (χ1v) is 10.3. The molecule has 1 aromatic heterocycles. The smallest absolute Gasteiger partial charge is 0.0836 e. The van der Waals surface area contributed by atoms with E-state index >= 15 is 0 Å². The summed E-state index contributed by atoms with van der Waals surface area (Å²) in [4.78, 5) is 4.03. The first-order chi connectivity index (χ1) is 11.8. The van der Waals surface area contributed by atoms with Crippen molar-refractivity contribution in [3.8, 4) is 0 Å². The summed E-state index contributed by atoms with van der Waals surface area (Å²) in [5, 5.41) is 2.17. The molecule has 134 valence electrons. The molecular weight excluding hydrogens is 322 g/mol. The Morgan fingerprint density at radius 2 is 2.08 bits per heavy atom. The second-order valence-corrected chi connectivity index (χ2v) is 8.60. The minimum absolute atomic E-state index is 0.0896. The van der Waals surface area contributed by atoms with Gasteiger partial charge in [-0.2, -0.15) is 0 Å². The molecule has 4 nitrogen and oxygen atoms in total. The molecule has 0 bridgehead atoms. The average Bonchev–Trinajstić information content (AvgIpc) is 3.27. The summed E-state index contributed by atoms with van der Waals surface area (Å²) >= 11 is 1.86. The van der Waals surface area contributed by atoms with Gasteiger partial charge in [0.2, 0.25) is 0 Å². The van der Waals surface area contributed by atoms with Crippen molar-refractivity contribution in [3.63, 3.8) is 0 Å². The van der Waals surface area contributed by atoms with E-state index in [0.717, 1.165) is 78.2 Å². The van der Waals surface area contributed by atoms with Crippen molar-refractivity contribution in [1.29, 1.82) is 0 Å². The maximum Gasteiger partial charge on any atom is 0.0836 e. The lowest BCUT2D eigenvalue weighted by atomic mass is 9.88. The van der Waals surface area contributed by atoms with E-state index < -0.39 is 0 Å². The monoisotopic (exact) mass is 351 g/mol. The van der Waals surface area contributed by atoms with Gasteiger partial charge < -0.3 is 14.2 Å². The number of ether oxygens (including phenoxy) is 3. The van der Waals surface area contributed by atoms with E-state index in [2.05, 4.69) is 22.4 Å². The van der Waals surface area contributed by atoms with Gasteiger partial charge in [-0.3, -0.25) is 4.90 Å². The molecule has 1 spiro atoms. The summed E-state index contributed by atoms with van der Waals surface area (Å²) < 4.78 is 17.9. The molecule has 1 aromatic rings. The highest BCUT2D eigenvalue weighted by molar-refractivity contribution is 7.09.